The number of nitrogens with one attached hydrogen (secondary N) is 1. The lowest BCUT2D eigenvalue weighted by Crippen LogP contribution is -2.29. The van der Waals surface area contributed by atoms with Gasteiger partial charge in [0.1, 0.15) is 0 Å². The fourth-order valence-electron chi connectivity index (χ4n) is 1.79. The first-order valence-electron chi connectivity index (χ1n) is 5.35. The smallest absolute Gasteiger partial charge is 0.0958 e. The van der Waals surface area contributed by atoms with Crippen LogP contribution in [0.15, 0.2) is 30.6 Å². The van der Waals surface area contributed by atoms with E-state index in [9.17, 15) is 0 Å². The Morgan fingerprint density at radius 3 is 3.06 bits per heavy atom. The Morgan fingerprint density at radius 2 is 2.31 bits per heavy atom. The minimum absolute atomic E-state index is 0.294. The molecule has 0 saturated heterocycles. The van der Waals surface area contributed by atoms with E-state index >= 15 is 0 Å². The molecular formula is C13H15N3. The summed E-state index contributed by atoms with van der Waals surface area (Å²) >= 11 is 0. The van der Waals surface area contributed by atoms with Crippen molar-refractivity contribution < 1.29 is 0 Å². The van der Waals surface area contributed by atoms with E-state index in [4.69, 9.17) is 6.42 Å². The monoisotopic (exact) mass is 213 g/mol. The number of rotatable bonds is 4. The Balaban J connectivity index is 2.24. The number of benzene rings is 1. The highest BCUT2D eigenvalue weighted by atomic mass is 15.1. The molecule has 1 aromatic heterocycles. The molecular weight excluding hydrogens is 198 g/mol. The van der Waals surface area contributed by atoms with Crippen molar-refractivity contribution in [2.75, 3.05) is 7.05 Å². The van der Waals surface area contributed by atoms with Crippen molar-refractivity contribution in [3.8, 4) is 12.3 Å². The topological polar surface area (TPSA) is 29.9 Å². The lowest BCUT2D eigenvalue weighted by atomic mass is 10.2. The summed E-state index contributed by atoms with van der Waals surface area (Å²) < 4.78 is 2.13. The Morgan fingerprint density at radius 1 is 1.50 bits per heavy atom. The van der Waals surface area contributed by atoms with Crippen molar-refractivity contribution in [3.63, 3.8) is 0 Å². The zero-order valence-electron chi connectivity index (χ0n) is 9.35. The summed E-state index contributed by atoms with van der Waals surface area (Å²) in [6.45, 7) is 0.848. The predicted molar refractivity (Wildman–Crippen MR) is 66.0 cm³/mol. The average molecular weight is 213 g/mol. The molecule has 16 heavy (non-hydrogen) atoms. The van der Waals surface area contributed by atoms with Crippen LogP contribution in [0.1, 0.15) is 6.42 Å². The molecule has 1 N–H and O–H groups in total. The number of fused-ring (bicyclic) bond motifs is 1. The summed E-state index contributed by atoms with van der Waals surface area (Å²) in [5, 5.41) is 3.21. The second-order valence-corrected chi connectivity index (χ2v) is 3.78. The van der Waals surface area contributed by atoms with Crippen molar-refractivity contribution in [1.82, 2.24) is 14.9 Å². The summed E-state index contributed by atoms with van der Waals surface area (Å²) in [6.07, 6.45) is 7.92. The summed E-state index contributed by atoms with van der Waals surface area (Å²) in [5.41, 5.74) is 2.18. The van der Waals surface area contributed by atoms with E-state index in [2.05, 4.69) is 26.9 Å². The van der Waals surface area contributed by atoms with E-state index in [1.807, 2.05) is 31.6 Å². The number of aromatic nitrogens is 2. The van der Waals surface area contributed by atoms with Crippen molar-refractivity contribution in [3.05, 3.63) is 30.6 Å². The molecule has 0 aliphatic heterocycles. The Kier molecular flexibility index (Phi) is 3.23. The normalized spacial score (nSPS) is 12.5. The molecule has 3 heteroatoms. The maximum absolute atomic E-state index is 5.33. The molecule has 0 spiro atoms. The second-order valence-electron chi connectivity index (χ2n) is 3.78. The average Bonchev–Trinajstić information content (AvgIpc) is 2.72. The van der Waals surface area contributed by atoms with Crippen LogP contribution < -0.4 is 5.32 Å². The van der Waals surface area contributed by atoms with Crippen molar-refractivity contribution in [1.29, 1.82) is 0 Å². The van der Waals surface area contributed by atoms with Gasteiger partial charge in [-0.15, -0.1) is 12.3 Å². The number of hydrogen-bond donors (Lipinski definition) is 1. The zero-order chi connectivity index (χ0) is 11.4. The predicted octanol–water partition coefficient (Wildman–Crippen LogP) is 1.65. The van der Waals surface area contributed by atoms with E-state index in [1.54, 1.807) is 0 Å². The highest BCUT2D eigenvalue weighted by Gasteiger charge is 2.07. The summed E-state index contributed by atoms with van der Waals surface area (Å²) in [4.78, 5) is 4.35. The van der Waals surface area contributed by atoms with Crippen LogP contribution >= 0.6 is 0 Å². The van der Waals surface area contributed by atoms with Gasteiger partial charge in [0.2, 0.25) is 0 Å². The van der Waals surface area contributed by atoms with Gasteiger partial charge in [-0.05, 0) is 19.2 Å². The molecule has 82 valence electrons. The lowest BCUT2D eigenvalue weighted by molar-refractivity contribution is 0.496. The summed E-state index contributed by atoms with van der Waals surface area (Å²) in [6, 6.07) is 8.40. The maximum Gasteiger partial charge on any atom is 0.0958 e. The van der Waals surface area contributed by atoms with E-state index in [1.165, 1.54) is 0 Å². The van der Waals surface area contributed by atoms with Crippen molar-refractivity contribution in [2.45, 2.75) is 19.0 Å². The fourth-order valence-corrected chi connectivity index (χ4v) is 1.79. The SMILES string of the molecule is C#CCC(Cn1cnc2ccccc21)NC. The first-order chi connectivity index (χ1) is 7.85. The fraction of sp³-hybridized carbons (Fsp3) is 0.308. The van der Waals surface area contributed by atoms with Crippen LogP contribution in [0.2, 0.25) is 0 Å². The molecule has 0 radical (unpaired) electrons. The zero-order valence-corrected chi connectivity index (χ0v) is 9.35. The van der Waals surface area contributed by atoms with E-state index in [0.29, 0.717) is 6.04 Å². The Bertz CT molecular complexity index is 507. The van der Waals surface area contributed by atoms with Gasteiger partial charge in [0.25, 0.3) is 0 Å². The molecule has 0 aliphatic rings. The van der Waals surface area contributed by atoms with Crippen LogP contribution in [0, 0.1) is 12.3 Å². The first kappa shape index (κ1) is 10.7. The largest absolute Gasteiger partial charge is 0.329 e. The molecule has 2 rings (SSSR count). The minimum atomic E-state index is 0.294. The minimum Gasteiger partial charge on any atom is -0.329 e. The summed E-state index contributed by atoms with van der Waals surface area (Å²) in [7, 11) is 1.93. The lowest BCUT2D eigenvalue weighted by Gasteiger charge is -2.14. The standard InChI is InChI=1S/C13H15N3/c1-3-6-11(14-2)9-16-10-15-12-7-4-5-8-13(12)16/h1,4-5,7-8,10-11,14H,6,9H2,2H3. The molecule has 1 atom stereocenters. The van der Waals surface area contributed by atoms with Crippen molar-refractivity contribution in [2.24, 2.45) is 0 Å². The number of terminal acetylenes is 1. The van der Waals surface area contributed by atoms with Gasteiger partial charge < -0.3 is 9.88 Å². The molecule has 0 aliphatic carbocycles. The molecule has 1 unspecified atom stereocenters. The van der Waals surface area contributed by atoms with Crippen LogP contribution in [0.4, 0.5) is 0 Å². The molecule has 0 fully saturated rings. The quantitative estimate of drug-likeness (QED) is 0.783. The van der Waals surface area contributed by atoms with Gasteiger partial charge in [0, 0.05) is 19.0 Å². The first-order valence-corrected chi connectivity index (χ1v) is 5.35. The second kappa shape index (κ2) is 4.82. The molecule has 2 aromatic rings. The number of nitrogens with zero attached hydrogens (tertiary/aromatic N) is 2. The number of hydrogen-bond acceptors (Lipinski definition) is 2. The van der Waals surface area contributed by atoms with Crippen LogP contribution in [-0.2, 0) is 6.54 Å². The molecule has 1 aromatic carbocycles. The number of likely N-dealkylation sites (N-methyl/N-ethyl adjacent to an activating group) is 1. The third-order valence-corrected chi connectivity index (χ3v) is 2.72. The molecule has 1 heterocycles. The Hall–Kier alpha value is -1.79. The highest BCUT2D eigenvalue weighted by Crippen LogP contribution is 2.12. The number of para-hydroxylation sites is 2. The van der Waals surface area contributed by atoms with Gasteiger partial charge in [0.15, 0.2) is 0 Å². The van der Waals surface area contributed by atoms with Crippen LogP contribution in [0.25, 0.3) is 11.0 Å². The van der Waals surface area contributed by atoms with Gasteiger partial charge >= 0.3 is 0 Å². The van der Waals surface area contributed by atoms with E-state index in [-0.39, 0.29) is 0 Å². The van der Waals surface area contributed by atoms with Gasteiger partial charge in [-0.3, -0.25) is 0 Å². The van der Waals surface area contributed by atoms with Crippen LogP contribution in [0.5, 0.6) is 0 Å². The number of imidazole rings is 1. The summed E-state index contributed by atoms with van der Waals surface area (Å²) in [5.74, 6) is 2.68. The van der Waals surface area contributed by atoms with Crippen molar-refractivity contribution >= 4 is 11.0 Å². The molecule has 0 amide bonds. The third kappa shape index (κ3) is 2.07. The molecule has 0 saturated carbocycles. The van der Waals surface area contributed by atoms with Gasteiger partial charge in [-0.25, -0.2) is 4.98 Å². The van der Waals surface area contributed by atoms with Gasteiger partial charge in [-0.2, -0.15) is 0 Å². The van der Waals surface area contributed by atoms with Gasteiger partial charge in [0.05, 0.1) is 17.4 Å². The maximum atomic E-state index is 5.33. The third-order valence-electron chi connectivity index (χ3n) is 2.72. The van der Waals surface area contributed by atoms with Crippen LogP contribution in [0.3, 0.4) is 0 Å². The molecule has 3 nitrogen and oxygen atoms in total. The van der Waals surface area contributed by atoms with E-state index in [0.717, 1.165) is 24.0 Å². The Labute approximate surface area is 95.5 Å². The van der Waals surface area contributed by atoms with Crippen LogP contribution in [-0.4, -0.2) is 22.6 Å². The van der Waals surface area contributed by atoms with Gasteiger partial charge in [-0.1, -0.05) is 12.1 Å². The molecule has 0 bridgehead atoms. The van der Waals surface area contributed by atoms with E-state index < -0.39 is 0 Å². The highest BCUT2D eigenvalue weighted by molar-refractivity contribution is 5.74.